The lowest BCUT2D eigenvalue weighted by atomic mass is 9.86. The number of nitrogens with two attached hydrogens (primary N) is 1. The van der Waals surface area contributed by atoms with Crippen LogP contribution in [-0.4, -0.2) is 12.6 Å². The van der Waals surface area contributed by atoms with Crippen molar-refractivity contribution in [1.82, 2.24) is 0 Å². The summed E-state index contributed by atoms with van der Waals surface area (Å²) in [5, 5.41) is 0. The van der Waals surface area contributed by atoms with Crippen molar-refractivity contribution in [2.45, 2.75) is 32.4 Å². The van der Waals surface area contributed by atoms with E-state index in [0.717, 1.165) is 0 Å². The predicted molar refractivity (Wildman–Crippen MR) is 108 cm³/mol. The van der Waals surface area contributed by atoms with E-state index in [-0.39, 0.29) is 12.0 Å². The molecule has 0 heterocycles. The van der Waals surface area contributed by atoms with Crippen LogP contribution in [0.1, 0.15) is 33.7 Å². The van der Waals surface area contributed by atoms with E-state index < -0.39 is 0 Å². The second-order valence-electron chi connectivity index (χ2n) is 6.91. The fourth-order valence-electron chi connectivity index (χ4n) is 3.36. The molecular formula is C24H27NO. The maximum absolute atomic E-state index is 6.59. The summed E-state index contributed by atoms with van der Waals surface area (Å²) in [4.78, 5) is 0. The molecule has 2 N–H and O–H groups in total. The molecule has 2 heteroatoms. The minimum absolute atomic E-state index is 0.107. The molecule has 0 aliphatic carbocycles. The maximum Gasteiger partial charge on any atom is 0.0720 e. The molecule has 0 saturated carbocycles. The van der Waals surface area contributed by atoms with E-state index in [0.29, 0.717) is 13.2 Å². The lowest BCUT2D eigenvalue weighted by Crippen LogP contribution is -2.34. The van der Waals surface area contributed by atoms with Crippen LogP contribution in [0, 0.1) is 13.8 Å². The Hall–Kier alpha value is -2.42. The highest BCUT2D eigenvalue weighted by atomic mass is 16.5. The summed E-state index contributed by atoms with van der Waals surface area (Å²) in [6.07, 6.45) is 0. The van der Waals surface area contributed by atoms with Crippen molar-refractivity contribution in [3.8, 4) is 0 Å². The van der Waals surface area contributed by atoms with Gasteiger partial charge >= 0.3 is 0 Å². The van der Waals surface area contributed by atoms with Crippen molar-refractivity contribution in [1.29, 1.82) is 0 Å². The molecule has 0 aromatic heterocycles. The molecule has 0 saturated heterocycles. The molecule has 1 atom stereocenters. The van der Waals surface area contributed by atoms with E-state index in [2.05, 4.69) is 80.6 Å². The third kappa shape index (κ3) is 4.60. The van der Waals surface area contributed by atoms with Gasteiger partial charge < -0.3 is 10.5 Å². The Morgan fingerprint density at radius 1 is 0.808 bits per heavy atom. The van der Waals surface area contributed by atoms with Crippen molar-refractivity contribution in [2.75, 3.05) is 6.61 Å². The summed E-state index contributed by atoms with van der Waals surface area (Å²) in [6.45, 7) is 5.34. The van der Waals surface area contributed by atoms with Crippen molar-refractivity contribution < 1.29 is 4.74 Å². The average molecular weight is 345 g/mol. The number of aryl methyl sites for hydroxylation is 2. The molecule has 0 bridgehead atoms. The molecule has 134 valence electrons. The fourth-order valence-corrected chi connectivity index (χ4v) is 3.36. The van der Waals surface area contributed by atoms with Gasteiger partial charge in [0.05, 0.1) is 13.2 Å². The van der Waals surface area contributed by atoms with E-state index >= 15 is 0 Å². The van der Waals surface area contributed by atoms with Gasteiger partial charge in [0, 0.05) is 12.0 Å². The molecule has 0 spiro atoms. The second-order valence-corrected chi connectivity index (χ2v) is 6.91. The van der Waals surface area contributed by atoms with Crippen molar-refractivity contribution in [3.05, 3.63) is 107 Å². The summed E-state index contributed by atoms with van der Waals surface area (Å²) < 4.78 is 6.02. The van der Waals surface area contributed by atoms with Gasteiger partial charge in [-0.15, -0.1) is 0 Å². The molecule has 0 aliphatic rings. The summed E-state index contributed by atoms with van der Waals surface area (Å²) in [5.74, 6) is 0.121. The molecule has 0 fully saturated rings. The zero-order valence-electron chi connectivity index (χ0n) is 15.6. The average Bonchev–Trinajstić information content (AvgIpc) is 2.66. The lowest BCUT2D eigenvalue weighted by Gasteiger charge is -2.25. The van der Waals surface area contributed by atoms with Gasteiger partial charge in [0.25, 0.3) is 0 Å². The molecule has 1 unspecified atom stereocenters. The van der Waals surface area contributed by atoms with Crippen LogP contribution in [0.3, 0.4) is 0 Å². The Morgan fingerprint density at radius 3 is 1.96 bits per heavy atom. The zero-order chi connectivity index (χ0) is 18.4. The van der Waals surface area contributed by atoms with E-state index in [4.69, 9.17) is 10.5 Å². The topological polar surface area (TPSA) is 35.2 Å². The van der Waals surface area contributed by atoms with Crippen LogP contribution in [-0.2, 0) is 11.3 Å². The van der Waals surface area contributed by atoms with Crippen molar-refractivity contribution in [2.24, 2.45) is 5.73 Å². The standard InChI is InChI=1S/C24H27NO/c1-18-13-14-19(2)22(15-18)16-26-17-23(25)24(20-9-5-3-6-10-20)21-11-7-4-8-12-21/h3-15,23-24H,16-17,25H2,1-2H3. The SMILES string of the molecule is Cc1ccc(C)c(COCC(N)C(c2ccccc2)c2ccccc2)c1. The first-order valence-electron chi connectivity index (χ1n) is 9.14. The number of rotatable bonds is 7. The van der Waals surface area contributed by atoms with Gasteiger partial charge in [0.2, 0.25) is 0 Å². The van der Waals surface area contributed by atoms with Crippen molar-refractivity contribution >= 4 is 0 Å². The Kier molecular flexibility index (Phi) is 6.21. The Balaban J connectivity index is 1.72. The first kappa shape index (κ1) is 18.4. The van der Waals surface area contributed by atoms with Gasteiger partial charge in [-0.3, -0.25) is 0 Å². The maximum atomic E-state index is 6.59. The molecule has 26 heavy (non-hydrogen) atoms. The quantitative estimate of drug-likeness (QED) is 0.655. The molecule has 3 rings (SSSR count). The minimum atomic E-state index is -0.107. The molecule has 3 aromatic carbocycles. The zero-order valence-corrected chi connectivity index (χ0v) is 15.6. The fraction of sp³-hybridized carbons (Fsp3) is 0.250. The summed E-state index contributed by atoms with van der Waals surface area (Å²) in [7, 11) is 0. The number of hydrogen-bond donors (Lipinski definition) is 1. The lowest BCUT2D eigenvalue weighted by molar-refractivity contribution is 0.104. The first-order valence-corrected chi connectivity index (χ1v) is 9.14. The molecule has 2 nitrogen and oxygen atoms in total. The van der Waals surface area contributed by atoms with E-state index in [1.807, 2.05) is 12.1 Å². The molecule has 0 aliphatic heterocycles. The highest BCUT2D eigenvalue weighted by Crippen LogP contribution is 2.27. The summed E-state index contributed by atoms with van der Waals surface area (Å²) >= 11 is 0. The highest BCUT2D eigenvalue weighted by molar-refractivity contribution is 5.34. The Morgan fingerprint density at radius 2 is 1.38 bits per heavy atom. The molecule has 3 aromatic rings. The Labute approximate surface area is 156 Å². The van der Waals surface area contributed by atoms with Crippen LogP contribution in [0.15, 0.2) is 78.9 Å². The predicted octanol–water partition coefficient (Wildman–Crippen LogP) is 4.98. The number of ether oxygens (including phenoxy) is 1. The summed E-state index contributed by atoms with van der Waals surface area (Å²) in [5.41, 5.74) is 12.8. The van der Waals surface area contributed by atoms with Gasteiger partial charge in [0.1, 0.15) is 0 Å². The van der Waals surface area contributed by atoms with Gasteiger partial charge in [-0.2, -0.15) is 0 Å². The van der Waals surface area contributed by atoms with E-state index in [1.54, 1.807) is 0 Å². The summed E-state index contributed by atoms with van der Waals surface area (Å²) in [6, 6.07) is 27.2. The van der Waals surface area contributed by atoms with Gasteiger partial charge in [-0.1, -0.05) is 84.4 Å². The van der Waals surface area contributed by atoms with E-state index in [1.165, 1.54) is 27.8 Å². The van der Waals surface area contributed by atoms with Gasteiger partial charge in [-0.05, 0) is 36.1 Å². The largest absolute Gasteiger partial charge is 0.375 e. The third-order valence-electron chi connectivity index (χ3n) is 4.82. The van der Waals surface area contributed by atoms with Crippen molar-refractivity contribution in [3.63, 3.8) is 0 Å². The molecular weight excluding hydrogens is 318 g/mol. The monoisotopic (exact) mass is 345 g/mol. The van der Waals surface area contributed by atoms with Crippen LogP contribution in [0.25, 0.3) is 0 Å². The smallest absolute Gasteiger partial charge is 0.0720 e. The van der Waals surface area contributed by atoms with E-state index in [9.17, 15) is 0 Å². The van der Waals surface area contributed by atoms with Crippen LogP contribution in [0.5, 0.6) is 0 Å². The number of hydrogen-bond acceptors (Lipinski definition) is 2. The normalized spacial score (nSPS) is 12.3. The Bertz CT molecular complexity index is 775. The third-order valence-corrected chi connectivity index (χ3v) is 4.82. The molecule has 0 amide bonds. The molecule has 0 radical (unpaired) electrons. The van der Waals surface area contributed by atoms with Crippen LogP contribution >= 0.6 is 0 Å². The first-order chi connectivity index (χ1) is 12.6. The van der Waals surface area contributed by atoms with Crippen LogP contribution < -0.4 is 5.73 Å². The van der Waals surface area contributed by atoms with Gasteiger partial charge in [-0.25, -0.2) is 0 Å². The highest BCUT2D eigenvalue weighted by Gasteiger charge is 2.22. The van der Waals surface area contributed by atoms with Crippen LogP contribution in [0.4, 0.5) is 0 Å². The number of benzene rings is 3. The van der Waals surface area contributed by atoms with Gasteiger partial charge in [0.15, 0.2) is 0 Å². The minimum Gasteiger partial charge on any atom is -0.375 e. The van der Waals surface area contributed by atoms with Crippen LogP contribution in [0.2, 0.25) is 0 Å². The second kappa shape index (κ2) is 8.79.